The summed E-state index contributed by atoms with van der Waals surface area (Å²) in [5, 5.41) is 0. The Hall–Kier alpha value is -2.50. The van der Waals surface area contributed by atoms with Crippen molar-refractivity contribution in [3.05, 3.63) is 36.3 Å². The number of carbonyl (C=O) groups excluding carboxylic acids is 1. The zero-order valence-corrected chi connectivity index (χ0v) is 15.9. The molecule has 0 aromatic carbocycles. The normalized spacial score (nSPS) is 19.8. The summed E-state index contributed by atoms with van der Waals surface area (Å²) >= 11 is 0. The number of rotatable bonds is 5. The van der Waals surface area contributed by atoms with E-state index in [0.29, 0.717) is 19.0 Å². The molecule has 2 aromatic heterocycles. The second-order valence-corrected chi connectivity index (χ2v) is 7.13. The predicted molar refractivity (Wildman–Crippen MR) is 101 cm³/mol. The van der Waals surface area contributed by atoms with Crippen LogP contribution < -0.4 is 4.90 Å². The van der Waals surface area contributed by atoms with Crippen LogP contribution in [0.3, 0.4) is 0 Å². The second-order valence-electron chi connectivity index (χ2n) is 7.13. The molecule has 1 aliphatic rings. The number of ether oxygens (including phenoxy) is 1. The standard InChI is InChI=1S/C20H26N4O2/c1-5-26-19(25)20(14(2)3)8-11-24(13-20)17-12-15(4)22-18(23-17)16-6-9-21-10-7-16/h6-7,9-10,12,14H,5,8,11,13H2,1-4H3. The maximum Gasteiger partial charge on any atom is 0.314 e. The Morgan fingerprint density at radius 3 is 2.69 bits per heavy atom. The van der Waals surface area contributed by atoms with Crippen LogP contribution in [-0.4, -0.2) is 40.6 Å². The third-order valence-corrected chi connectivity index (χ3v) is 5.19. The Balaban J connectivity index is 1.91. The number of aromatic nitrogens is 3. The third-order valence-electron chi connectivity index (χ3n) is 5.19. The number of hydrogen-bond donors (Lipinski definition) is 0. The maximum atomic E-state index is 12.7. The van der Waals surface area contributed by atoms with E-state index in [9.17, 15) is 4.79 Å². The number of aryl methyl sites for hydroxylation is 1. The van der Waals surface area contributed by atoms with E-state index < -0.39 is 5.41 Å². The summed E-state index contributed by atoms with van der Waals surface area (Å²) < 4.78 is 5.39. The van der Waals surface area contributed by atoms with Crippen LogP contribution in [-0.2, 0) is 9.53 Å². The van der Waals surface area contributed by atoms with Gasteiger partial charge in [-0.2, -0.15) is 0 Å². The maximum absolute atomic E-state index is 12.7. The molecule has 0 amide bonds. The van der Waals surface area contributed by atoms with Gasteiger partial charge in [-0.15, -0.1) is 0 Å². The van der Waals surface area contributed by atoms with Crippen LogP contribution in [0.1, 0.15) is 32.9 Å². The molecule has 138 valence electrons. The van der Waals surface area contributed by atoms with Gasteiger partial charge in [0.25, 0.3) is 0 Å². The van der Waals surface area contributed by atoms with Crippen molar-refractivity contribution in [2.75, 3.05) is 24.6 Å². The molecule has 2 aromatic rings. The fraction of sp³-hybridized carbons (Fsp3) is 0.500. The van der Waals surface area contributed by atoms with Crippen molar-refractivity contribution >= 4 is 11.8 Å². The van der Waals surface area contributed by atoms with E-state index in [1.165, 1.54) is 0 Å². The van der Waals surface area contributed by atoms with Gasteiger partial charge in [0.05, 0.1) is 12.0 Å². The van der Waals surface area contributed by atoms with Gasteiger partial charge in [0.15, 0.2) is 5.82 Å². The van der Waals surface area contributed by atoms with Gasteiger partial charge in [0.1, 0.15) is 5.82 Å². The molecule has 1 saturated heterocycles. The molecule has 0 saturated carbocycles. The van der Waals surface area contributed by atoms with Gasteiger partial charge >= 0.3 is 5.97 Å². The molecule has 1 fully saturated rings. The lowest BCUT2D eigenvalue weighted by atomic mass is 9.76. The quantitative estimate of drug-likeness (QED) is 0.768. The summed E-state index contributed by atoms with van der Waals surface area (Å²) in [4.78, 5) is 28.2. The van der Waals surface area contributed by atoms with E-state index in [1.54, 1.807) is 12.4 Å². The van der Waals surface area contributed by atoms with Gasteiger partial charge in [0.2, 0.25) is 0 Å². The molecular weight excluding hydrogens is 328 g/mol. The Bertz CT molecular complexity index is 779. The first-order valence-corrected chi connectivity index (χ1v) is 9.14. The van der Waals surface area contributed by atoms with Crippen LogP contribution in [0, 0.1) is 18.3 Å². The summed E-state index contributed by atoms with van der Waals surface area (Å²) in [7, 11) is 0. The topological polar surface area (TPSA) is 68.2 Å². The van der Waals surface area contributed by atoms with E-state index in [-0.39, 0.29) is 11.9 Å². The van der Waals surface area contributed by atoms with Crippen molar-refractivity contribution in [3.63, 3.8) is 0 Å². The van der Waals surface area contributed by atoms with Crippen molar-refractivity contribution in [3.8, 4) is 11.4 Å². The zero-order chi connectivity index (χ0) is 18.7. The van der Waals surface area contributed by atoms with Gasteiger partial charge < -0.3 is 9.64 Å². The van der Waals surface area contributed by atoms with Crippen LogP contribution in [0.4, 0.5) is 5.82 Å². The highest BCUT2D eigenvalue weighted by atomic mass is 16.5. The highest BCUT2D eigenvalue weighted by molar-refractivity contribution is 5.79. The Morgan fingerprint density at radius 1 is 1.31 bits per heavy atom. The molecule has 3 heterocycles. The lowest BCUT2D eigenvalue weighted by molar-refractivity contribution is -0.156. The third kappa shape index (κ3) is 3.41. The molecular formula is C20H26N4O2. The van der Waals surface area contributed by atoms with E-state index in [0.717, 1.165) is 30.0 Å². The van der Waals surface area contributed by atoms with Crippen LogP contribution in [0.15, 0.2) is 30.6 Å². The van der Waals surface area contributed by atoms with Crippen molar-refractivity contribution in [1.82, 2.24) is 15.0 Å². The average molecular weight is 354 g/mol. The first kappa shape index (κ1) is 18.3. The molecule has 26 heavy (non-hydrogen) atoms. The molecule has 1 atom stereocenters. The first-order chi connectivity index (χ1) is 12.5. The molecule has 0 bridgehead atoms. The van der Waals surface area contributed by atoms with Gasteiger partial charge in [0, 0.05) is 42.8 Å². The minimum absolute atomic E-state index is 0.0994. The summed E-state index contributed by atoms with van der Waals surface area (Å²) in [6.07, 6.45) is 4.25. The smallest absolute Gasteiger partial charge is 0.314 e. The minimum Gasteiger partial charge on any atom is -0.466 e. The van der Waals surface area contributed by atoms with Crippen LogP contribution >= 0.6 is 0 Å². The van der Waals surface area contributed by atoms with Crippen molar-refractivity contribution in [2.45, 2.75) is 34.1 Å². The Morgan fingerprint density at radius 2 is 2.04 bits per heavy atom. The van der Waals surface area contributed by atoms with E-state index >= 15 is 0 Å². The van der Waals surface area contributed by atoms with Crippen LogP contribution in [0.25, 0.3) is 11.4 Å². The summed E-state index contributed by atoms with van der Waals surface area (Å²) in [6, 6.07) is 5.78. The molecule has 6 heteroatoms. The fourth-order valence-electron chi connectivity index (χ4n) is 3.52. The lowest BCUT2D eigenvalue weighted by Crippen LogP contribution is -2.40. The highest BCUT2D eigenvalue weighted by Gasteiger charge is 2.48. The van der Waals surface area contributed by atoms with E-state index in [1.807, 2.05) is 32.0 Å². The Kier molecular flexibility index (Phi) is 5.20. The fourth-order valence-corrected chi connectivity index (χ4v) is 3.52. The van der Waals surface area contributed by atoms with E-state index in [2.05, 4.69) is 28.7 Å². The number of anilines is 1. The highest BCUT2D eigenvalue weighted by Crippen LogP contribution is 2.40. The molecule has 6 nitrogen and oxygen atoms in total. The number of hydrogen-bond acceptors (Lipinski definition) is 6. The van der Waals surface area contributed by atoms with Gasteiger partial charge in [-0.1, -0.05) is 13.8 Å². The summed E-state index contributed by atoms with van der Waals surface area (Å²) in [5.74, 6) is 1.64. The second kappa shape index (κ2) is 7.40. The van der Waals surface area contributed by atoms with Crippen molar-refractivity contribution in [2.24, 2.45) is 11.3 Å². The van der Waals surface area contributed by atoms with Gasteiger partial charge in [-0.05, 0) is 38.3 Å². The summed E-state index contributed by atoms with van der Waals surface area (Å²) in [6.45, 7) is 9.81. The molecule has 0 aliphatic carbocycles. The molecule has 0 radical (unpaired) electrons. The minimum atomic E-state index is -0.480. The molecule has 1 unspecified atom stereocenters. The largest absolute Gasteiger partial charge is 0.466 e. The summed E-state index contributed by atoms with van der Waals surface area (Å²) in [5.41, 5.74) is 1.36. The average Bonchev–Trinajstić information content (AvgIpc) is 3.09. The molecule has 0 N–H and O–H groups in total. The van der Waals surface area contributed by atoms with Gasteiger partial charge in [-0.3, -0.25) is 9.78 Å². The lowest BCUT2D eigenvalue weighted by Gasteiger charge is -2.31. The van der Waals surface area contributed by atoms with Crippen molar-refractivity contribution < 1.29 is 9.53 Å². The number of nitrogens with zero attached hydrogens (tertiary/aromatic N) is 4. The molecule has 1 aliphatic heterocycles. The predicted octanol–water partition coefficient (Wildman–Crippen LogP) is 3.26. The van der Waals surface area contributed by atoms with Crippen LogP contribution in [0.5, 0.6) is 0 Å². The van der Waals surface area contributed by atoms with E-state index in [4.69, 9.17) is 9.72 Å². The monoisotopic (exact) mass is 354 g/mol. The van der Waals surface area contributed by atoms with Gasteiger partial charge in [-0.25, -0.2) is 9.97 Å². The number of pyridine rings is 1. The number of carbonyl (C=O) groups is 1. The Labute approximate surface area is 154 Å². The first-order valence-electron chi connectivity index (χ1n) is 9.14. The number of esters is 1. The zero-order valence-electron chi connectivity index (χ0n) is 15.9. The molecule has 0 spiro atoms. The van der Waals surface area contributed by atoms with Crippen LogP contribution in [0.2, 0.25) is 0 Å². The molecule has 3 rings (SSSR count). The SMILES string of the molecule is CCOC(=O)C1(C(C)C)CCN(c2cc(C)nc(-c3ccncc3)n2)C1. The van der Waals surface area contributed by atoms with Crippen molar-refractivity contribution in [1.29, 1.82) is 0 Å².